The maximum absolute atomic E-state index is 12.8. The molecule has 0 N–H and O–H groups in total. The van der Waals surface area contributed by atoms with Crippen molar-refractivity contribution >= 4 is 11.9 Å². The van der Waals surface area contributed by atoms with Crippen LogP contribution < -0.4 is 0 Å². The number of benzene rings is 2. The molecule has 0 unspecified atom stereocenters. The monoisotopic (exact) mass is 590 g/mol. The smallest absolute Gasteiger partial charge is 0.132 e. The summed E-state index contributed by atoms with van der Waals surface area (Å²) in [5.74, 6) is 2.65. The van der Waals surface area contributed by atoms with Gasteiger partial charge in [-0.25, -0.2) is 9.97 Å². The Morgan fingerprint density at radius 2 is 1.48 bits per heavy atom. The van der Waals surface area contributed by atoms with Crippen molar-refractivity contribution in [1.82, 2.24) is 9.97 Å². The second kappa shape index (κ2) is 15.8. The summed E-state index contributed by atoms with van der Waals surface area (Å²) < 4.78 is 0. The summed E-state index contributed by atoms with van der Waals surface area (Å²) in [5, 5.41) is 0. The van der Waals surface area contributed by atoms with Gasteiger partial charge in [-0.05, 0) is 110 Å². The van der Waals surface area contributed by atoms with Gasteiger partial charge in [0.1, 0.15) is 12.1 Å². The van der Waals surface area contributed by atoms with Crippen molar-refractivity contribution in [3.05, 3.63) is 99.6 Å². The number of allylic oxidation sites excluding steroid dienone is 1. The van der Waals surface area contributed by atoms with E-state index in [4.69, 9.17) is 4.98 Å². The van der Waals surface area contributed by atoms with Crippen LogP contribution in [-0.4, -0.2) is 15.8 Å². The lowest BCUT2D eigenvalue weighted by Crippen LogP contribution is -2.13. The minimum Gasteiger partial charge on any atom is -0.300 e. The molecule has 0 spiro atoms. The Bertz CT molecular complexity index is 1380. The molecule has 234 valence electrons. The Labute approximate surface area is 267 Å². The van der Waals surface area contributed by atoms with E-state index in [-0.39, 0.29) is 0 Å². The predicted molar refractivity (Wildman–Crippen MR) is 185 cm³/mol. The summed E-state index contributed by atoms with van der Waals surface area (Å²) in [4.78, 5) is 22.2. The van der Waals surface area contributed by atoms with E-state index in [0.29, 0.717) is 42.3 Å². The third kappa shape index (κ3) is 8.34. The van der Waals surface area contributed by atoms with Crippen LogP contribution in [0.5, 0.6) is 0 Å². The first-order valence-corrected chi connectivity index (χ1v) is 17.6. The second-order valence-electron chi connectivity index (χ2n) is 14.0. The Hall–Kier alpha value is -3.07. The molecule has 1 fully saturated rings. The van der Waals surface area contributed by atoms with Crippen LogP contribution in [0.4, 0.5) is 0 Å². The van der Waals surface area contributed by atoms with Crippen LogP contribution in [-0.2, 0) is 24.1 Å². The molecule has 1 aromatic heterocycles. The molecule has 5 rings (SSSR count). The van der Waals surface area contributed by atoms with Crippen LogP contribution in [0.25, 0.3) is 6.08 Å². The first-order valence-electron chi connectivity index (χ1n) is 17.6. The van der Waals surface area contributed by atoms with Crippen LogP contribution in [0.2, 0.25) is 0 Å². The van der Waals surface area contributed by atoms with E-state index in [1.165, 1.54) is 83.3 Å². The number of hydrogen-bond acceptors (Lipinski definition) is 3. The molecule has 0 atom stereocenters. The van der Waals surface area contributed by atoms with Crippen molar-refractivity contribution in [3.8, 4) is 0 Å². The van der Waals surface area contributed by atoms with Gasteiger partial charge in [-0.3, -0.25) is 4.79 Å². The highest BCUT2D eigenvalue weighted by atomic mass is 16.1. The number of rotatable bonds is 12. The summed E-state index contributed by atoms with van der Waals surface area (Å²) in [6.07, 6.45) is 21.2. The summed E-state index contributed by atoms with van der Waals surface area (Å²) in [6.45, 7) is 9.11. The third-order valence-corrected chi connectivity index (χ3v) is 10.1. The van der Waals surface area contributed by atoms with Gasteiger partial charge >= 0.3 is 0 Å². The molecule has 0 aliphatic heterocycles. The standard InChI is InChI=1S/C41H54N2O/c1-29(2)36-23-12-24-37(30(3)4)38(36)25-11-21-35(44)20-8-14-31-13-7-19-34(27-31)32-15-9-17-33(18-10-16-32)41-39-22-5-6-26-40(39)42-28-43-41/h5,7,12-13,19,22-24,27-30,32-33H,6,8-11,14-18,20-21,25-26H2,1-4H3. The Balaban J connectivity index is 1.08. The third-order valence-electron chi connectivity index (χ3n) is 10.1. The molecule has 3 heteroatoms. The number of fused-ring (bicyclic) bond motifs is 1. The molecule has 2 aromatic carbocycles. The fourth-order valence-electron chi connectivity index (χ4n) is 7.77. The fraction of sp³-hybridized carbons (Fsp3) is 0.537. The number of aryl methyl sites for hydroxylation is 2. The van der Waals surface area contributed by atoms with Crippen molar-refractivity contribution in [1.29, 1.82) is 0 Å². The van der Waals surface area contributed by atoms with Crippen molar-refractivity contribution in [3.63, 3.8) is 0 Å². The number of aromatic nitrogens is 2. The zero-order chi connectivity index (χ0) is 30.9. The largest absolute Gasteiger partial charge is 0.300 e. The average molecular weight is 591 g/mol. The highest BCUT2D eigenvalue weighted by molar-refractivity contribution is 5.78. The zero-order valence-electron chi connectivity index (χ0n) is 27.8. The van der Waals surface area contributed by atoms with E-state index >= 15 is 0 Å². The lowest BCUT2D eigenvalue weighted by Gasteiger charge is -2.26. The first-order chi connectivity index (χ1) is 21.4. The molecule has 0 amide bonds. The Kier molecular flexibility index (Phi) is 11.6. The van der Waals surface area contributed by atoms with Crippen LogP contribution in [0, 0.1) is 0 Å². The van der Waals surface area contributed by atoms with E-state index in [1.54, 1.807) is 6.33 Å². The molecule has 3 aromatic rings. The van der Waals surface area contributed by atoms with Gasteiger partial charge < -0.3 is 0 Å². The quantitative estimate of drug-likeness (QED) is 0.211. The Morgan fingerprint density at radius 1 is 0.818 bits per heavy atom. The zero-order valence-corrected chi connectivity index (χ0v) is 27.8. The van der Waals surface area contributed by atoms with E-state index in [0.717, 1.165) is 38.5 Å². The maximum atomic E-state index is 12.8. The van der Waals surface area contributed by atoms with Gasteiger partial charge in [0.05, 0.1) is 11.4 Å². The lowest BCUT2D eigenvalue weighted by atomic mass is 9.80. The fourth-order valence-corrected chi connectivity index (χ4v) is 7.77. The number of carbonyl (C=O) groups is 1. The van der Waals surface area contributed by atoms with Gasteiger partial charge in [0.25, 0.3) is 0 Å². The molecule has 0 radical (unpaired) electrons. The Morgan fingerprint density at radius 3 is 2.18 bits per heavy atom. The lowest BCUT2D eigenvalue weighted by molar-refractivity contribution is -0.119. The topological polar surface area (TPSA) is 42.9 Å². The normalized spacial score (nSPS) is 18.7. The number of hydrogen-bond donors (Lipinski definition) is 0. The van der Waals surface area contributed by atoms with E-state index < -0.39 is 0 Å². The molecular formula is C41H54N2O. The summed E-state index contributed by atoms with van der Waals surface area (Å²) in [6, 6.07) is 16.0. The van der Waals surface area contributed by atoms with Crippen LogP contribution in [0.1, 0.15) is 167 Å². The number of nitrogens with zero attached hydrogens (tertiary/aromatic N) is 2. The molecular weight excluding hydrogens is 536 g/mol. The van der Waals surface area contributed by atoms with Gasteiger partial charge in [0.2, 0.25) is 0 Å². The molecule has 44 heavy (non-hydrogen) atoms. The van der Waals surface area contributed by atoms with E-state index in [1.807, 2.05) is 0 Å². The van der Waals surface area contributed by atoms with Crippen LogP contribution >= 0.6 is 0 Å². The van der Waals surface area contributed by atoms with Crippen LogP contribution in [0.3, 0.4) is 0 Å². The summed E-state index contributed by atoms with van der Waals surface area (Å²) in [7, 11) is 0. The molecule has 0 bridgehead atoms. The highest BCUT2D eigenvalue weighted by Gasteiger charge is 2.24. The average Bonchev–Trinajstić information content (AvgIpc) is 3.01. The SMILES string of the molecule is CC(C)c1cccc(C(C)C)c1CCCC(=O)CCCc1cccc(C2CCCC(c3ncnc4c3C=CCC4)CCC2)c1. The van der Waals surface area contributed by atoms with E-state index in [2.05, 4.69) is 87.3 Å². The van der Waals surface area contributed by atoms with Gasteiger partial charge in [-0.15, -0.1) is 0 Å². The van der Waals surface area contributed by atoms with Crippen molar-refractivity contribution in [2.45, 2.75) is 141 Å². The molecule has 3 nitrogen and oxygen atoms in total. The minimum absolute atomic E-state index is 0.421. The highest BCUT2D eigenvalue weighted by Crippen LogP contribution is 2.38. The molecule has 1 heterocycles. The van der Waals surface area contributed by atoms with Gasteiger partial charge in [0, 0.05) is 24.3 Å². The summed E-state index contributed by atoms with van der Waals surface area (Å²) >= 11 is 0. The van der Waals surface area contributed by atoms with E-state index in [9.17, 15) is 4.79 Å². The molecule has 2 aliphatic rings. The van der Waals surface area contributed by atoms with Crippen molar-refractivity contribution < 1.29 is 4.79 Å². The minimum atomic E-state index is 0.421. The van der Waals surface area contributed by atoms with Crippen molar-refractivity contribution in [2.24, 2.45) is 0 Å². The van der Waals surface area contributed by atoms with Gasteiger partial charge in [-0.1, -0.05) is 95.2 Å². The predicted octanol–water partition coefficient (Wildman–Crippen LogP) is 10.8. The van der Waals surface area contributed by atoms with Crippen molar-refractivity contribution in [2.75, 3.05) is 0 Å². The first kappa shape index (κ1) is 32.3. The maximum Gasteiger partial charge on any atom is 0.132 e. The summed E-state index contributed by atoms with van der Waals surface area (Å²) in [5.41, 5.74) is 11.1. The number of carbonyl (C=O) groups excluding carboxylic acids is 1. The van der Waals surface area contributed by atoms with Gasteiger partial charge in [0.15, 0.2) is 0 Å². The molecule has 1 saturated carbocycles. The number of Topliss-reactive ketones (excluding diaryl/α,β-unsaturated/α-hetero) is 1. The molecule has 0 saturated heterocycles. The molecule has 2 aliphatic carbocycles. The van der Waals surface area contributed by atoms with Crippen LogP contribution in [0.15, 0.2) is 54.9 Å². The van der Waals surface area contributed by atoms with Gasteiger partial charge in [-0.2, -0.15) is 0 Å². The second-order valence-corrected chi connectivity index (χ2v) is 14.0. The number of ketones is 1.